The van der Waals surface area contributed by atoms with E-state index in [1.54, 1.807) is 29.0 Å². The van der Waals surface area contributed by atoms with Crippen LogP contribution >= 0.6 is 12.2 Å². The molecule has 0 aliphatic carbocycles. The Hall–Kier alpha value is -3.79. The van der Waals surface area contributed by atoms with Crippen LogP contribution in [-0.4, -0.2) is 38.0 Å². The highest BCUT2D eigenvalue weighted by Crippen LogP contribution is 2.41. The van der Waals surface area contributed by atoms with Crippen LogP contribution in [0.1, 0.15) is 35.6 Å². The molecule has 5 rings (SSSR count). The van der Waals surface area contributed by atoms with E-state index in [-0.39, 0.29) is 30.0 Å². The summed E-state index contributed by atoms with van der Waals surface area (Å²) in [5, 5.41) is 0. The summed E-state index contributed by atoms with van der Waals surface area (Å²) < 4.78 is 36.7. The van der Waals surface area contributed by atoms with Gasteiger partial charge in [0.1, 0.15) is 12.1 Å². The molecule has 2 aromatic heterocycles. The first-order valence-corrected chi connectivity index (χ1v) is 12.0. The topological polar surface area (TPSA) is 83.1 Å². The van der Waals surface area contributed by atoms with Crippen LogP contribution in [0.25, 0.3) is 11.0 Å². The molecule has 1 saturated heterocycles. The van der Waals surface area contributed by atoms with Gasteiger partial charge in [-0.2, -0.15) is 0 Å². The lowest BCUT2D eigenvalue weighted by atomic mass is 9.90. The number of nitrogens with one attached hydrogen (secondary N) is 2. The van der Waals surface area contributed by atoms with Crippen molar-refractivity contribution in [2.75, 3.05) is 6.54 Å². The SMILES string of the molecule is O=C(OCc1ccccc1)N1CCC(F)(F)CC1c1ccccc1Cn1c(=S)[nH]c(=O)c2[nH]ccc21. The van der Waals surface area contributed by atoms with Crippen molar-refractivity contribution < 1.29 is 18.3 Å². The van der Waals surface area contributed by atoms with Crippen molar-refractivity contribution in [3.63, 3.8) is 0 Å². The number of carbonyl (C=O) groups excluding carboxylic acids is 1. The van der Waals surface area contributed by atoms with E-state index < -0.39 is 30.9 Å². The van der Waals surface area contributed by atoms with Crippen LogP contribution in [0.5, 0.6) is 0 Å². The third-order valence-electron chi connectivity index (χ3n) is 6.48. The first kappa shape index (κ1) is 23.9. The number of alkyl halides is 2. The maximum atomic E-state index is 14.6. The molecular formula is C26H24F2N4O3S. The molecule has 7 nitrogen and oxygen atoms in total. The third kappa shape index (κ3) is 4.81. The van der Waals surface area contributed by atoms with Crippen LogP contribution in [0.4, 0.5) is 13.6 Å². The number of ether oxygens (including phenoxy) is 1. The molecule has 0 spiro atoms. The van der Waals surface area contributed by atoms with E-state index in [9.17, 15) is 18.4 Å². The number of likely N-dealkylation sites (tertiary alicyclic amines) is 1. The Morgan fingerprint density at radius 1 is 1.11 bits per heavy atom. The Labute approximate surface area is 210 Å². The molecule has 4 aromatic rings. The van der Waals surface area contributed by atoms with Gasteiger partial charge < -0.3 is 19.2 Å². The fraction of sp³-hybridized carbons (Fsp3) is 0.269. The highest BCUT2D eigenvalue weighted by atomic mass is 32.1. The van der Waals surface area contributed by atoms with Gasteiger partial charge >= 0.3 is 6.09 Å². The molecule has 0 saturated carbocycles. The Kier molecular flexibility index (Phi) is 6.44. The quantitative estimate of drug-likeness (QED) is 0.345. The van der Waals surface area contributed by atoms with Crippen molar-refractivity contribution in [1.29, 1.82) is 0 Å². The van der Waals surface area contributed by atoms with Crippen LogP contribution in [-0.2, 0) is 17.9 Å². The summed E-state index contributed by atoms with van der Waals surface area (Å²) >= 11 is 5.40. The van der Waals surface area contributed by atoms with E-state index in [2.05, 4.69) is 9.97 Å². The van der Waals surface area contributed by atoms with Gasteiger partial charge in [-0.3, -0.25) is 9.78 Å². The minimum atomic E-state index is -2.92. The summed E-state index contributed by atoms with van der Waals surface area (Å²) in [5.41, 5.74) is 2.76. The molecule has 1 aliphatic rings. The summed E-state index contributed by atoms with van der Waals surface area (Å²) in [5.74, 6) is -2.92. The second-order valence-corrected chi connectivity index (χ2v) is 9.23. The van der Waals surface area contributed by atoms with E-state index in [1.807, 2.05) is 42.5 Å². The van der Waals surface area contributed by atoms with Gasteiger partial charge in [-0.1, -0.05) is 54.6 Å². The first-order chi connectivity index (χ1) is 17.3. The van der Waals surface area contributed by atoms with Crippen LogP contribution in [0.3, 0.4) is 0 Å². The zero-order valence-electron chi connectivity index (χ0n) is 19.2. The molecular weight excluding hydrogens is 486 g/mol. The van der Waals surface area contributed by atoms with Crippen LogP contribution in [0.2, 0.25) is 0 Å². The van der Waals surface area contributed by atoms with Gasteiger partial charge in [0.25, 0.3) is 11.5 Å². The summed E-state index contributed by atoms with van der Waals surface area (Å²) in [4.78, 5) is 32.2. The Morgan fingerprint density at radius 3 is 2.67 bits per heavy atom. The molecule has 2 aromatic carbocycles. The molecule has 1 atom stereocenters. The van der Waals surface area contributed by atoms with Crippen LogP contribution < -0.4 is 5.56 Å². The zero-order chi connectivity index (χ0) is 25.3. The Bertz CT molecular complexity index is 1510. The number of hydrogen-bond acceptors (Lipinski definition) is 4. The standard InChI is InChI=1S/C26H24F2N4O3S/c27-26(28)11-13-31(25(34)35-16-17-6-2-1-3-7-17)21(14-26)19-9-5-4-8-18(19)15-32-20-10-12-29-22(20)23(33)30-24(32)36/h1-10,12,21,29H,11,13-16H2,(H,30,33,36). The van der Waals surface area contributed by atoms with Crippen LogP contribution in [0.15, 0.2) is 71.7 Å². The van der Waals surface area contributed by atoms with E-state index in [0.717, 1.165) is 5.56 Å². The maximum absolute atomic E-state index is 14.6. The van der Waals surface area contributed by atoms with Gasteiger partial charge in [0.2, 0.25) is 0 Å². The lowest BCUT2D eigenvalue weighted by Crippen LogP contribution is -2.45. The fourth-order valence-electron chi connectivity index (χ4n) is 4.67. The molecule has 1 aliphatic heterocycles. The lowest BCUT2D eigenvalue weighted by Gasteiger charge is -2.39. The summed E-state index contributed by atoms with van der Waals surface area (Å²) in [6, 6.07) is 17.2. The molecule has 1 amide bonds. The van der Waals surface area contributed by atoms with Crippen molar-refractivity contribution in [1.82, 2.24) is 19.4 Å². The molecule has 1 fully saturated rings. The van der Waals surface area contributed by atoms with Gasteiger partial charge in [-0.15, -0.1) is 0 Å². The fourth-order valence-corrected chi connectivity index (χ4v) is 4.92. The number of aromatic nitrogens is 3. The minimum absolute atomic E-state index is 0.0545. The molecule has 1 unspecified atom stereocenters. The molecule has 36 heavy (non-hydrogen) atoms. The number of carbonyl (C=O) groups is 1. The number of rotatable bonds is 5. The van der Waals surface area contributed by atoms with Gasteiger partial charge in [-0.25, -0.2) is 13.6 Å². The summed E-state index contributed by atoms with van der Waals surface area (Å²) in [7, 11) is 0. The molecule has 0 bridgehead atoms. The van der Waals surface area contributed by atoms with Gasteiger partial charge in [-0.05, 0) is 35.0 Å². The number of hydrogen-bond donors (Lipinski definition) is 2. The Morgan fingerprint density at radius 2 is 1.86 bits per heavy atom. The number of halogens is 2. The lowest BCUT2D eigenvalue weighted by molar-refractivity contribution is -0.0754. The Balaban J connectivity index is 1.48. The van der Waals surface area contributed by atoms with Crippen molar-refractivity contribution in [3.05, 3.63) is 98.7 Å². The van der Waals surface area contributed by atoms with Gasteiger partial charge in [0, 0.05) is 25.6 Å². The number of benzene rings is 2. The average molecular weight is 511 g/mol. The van der Waals surface area contributed by atoms with E-state index in [1.165, 1.54) is 4.90 Å². The van der Waals surface area contributed by atoms with Gasteiger partial charge in [0.05, 0.1) is 18.1 Å². The summed E-state index contributed by atoms with van der Waals surface area (Å²) in [6.07, 6.45) is 0.0635. The predicted octanol–water partition coefficient (Wildman–Crippen LogP) is 5.54. The molecule has 3 heterocycles. The number of H-pyrrole nitrogens is 2. The smallest absolute Gasteiger partial charge is 0.410 e. The van der Waals surface area contributed by atoms with E-state index in [0.29, 0.717) is 22.2 Å². The van der Waals surface area contributed by atoms with Crippen LogP contribution in [0, 0.1) is 4.77 Å². The molecule has 186 valence electrons. The highest BCUT2D eigenvalue weighted by molar-refractivity contribution is 7.71. The third-order valence-corrected chi connectivity index (χ3v) is 6.80. The molecule has 0 radical (unpaired) electrons. The van der Waals surface area contributed by atoms with Crippen molar-refractivity contribution in [2.45, 2.75) is 38.0 Å². The molecule has 10 heteroatoms. The predicted molar refractivity (Wildman–Crippen MR) is 134 cm³/mol. The number of piperidine rings is 1. The number of aromatic amines is 2. The van der Waals surface area contributed by atoms with E-state index in [4.69, 9.17) is 17.0 Å². The monoisotopic (exact) mass is 510 g/mol. The van der Waals surface area contributed by atoms with Gasteiger partial charge in [0.15, 0.2) is 4.77 Å². The number of nitrogens with zero attached hydrogens (tertiary/aromatic N) is 2. The van der Waals surface area contributed by atoms with E-state index >= 15 is 0 Å². The number of amides is 1. The summed E-state index contributed by atoms with van der Waals surface area (Å²) in [6.45, 7) is 0.161. The average Bonchev–Trinajstić information content (AvgIpc) is 3.36. The maximum Gasteiger partial charge on any atom is 0.410 e. The largest absolute Gasteiger partial charge is 0.445 e. The van der Waals surface area contributed by atoms with Crippen molar-refractivity contribution in [3.8, 4) is 0 Å². The van der Waals surface area contributed by atoms with Crippen molar-refractivity contribution >= 4 is 29.3 Å². The normalized spacial score (nSPS) is 17.3. The number of fused-ring (bicyclic) bond motifs is 1. The second-order valence-electron chi connectivity index (χ2n) is 8.84. The second kappa shape index (κ2) is 9.69. The molecule has 2 N–H and O–H groups in total. The highest BCUT2D eigenvalue weighted by Gasteiger charge is 2.43. The zero-order valence-corrected chi connectivity index (χ0v) is 20.1. The minimum Gasteiger partial charge on any atom is -0.445 e. The van der Waals surface area contributed by atoms with Crippen molar-refractivity contribution in [2.24, 2.45) is 0 Å². The first-order valence-electron chi connectivity index (χ1n) is 11.6.